The highest BCUT2D eigenvalue weighted by Gasteiger charge is 2.27. The van der Waals surface area contributed by atoms with Crippen molar-refractivity contribution in [3.8, 4) is 5.69 Å². The lowest BCUT2D eigenvalue weighted by atomic mass is 10.2. The van der Waals surface area contributed by atoms with Crippen LogP contribution in [-0.2, 0) is 16.4 Å². The molecule has 1 aromatic heterocycles. The van der Waals surface area contributed by atoms with Crippen LogP contribution < -0.4 is 5.32 Å². The van der Waals surface area contributed by atoms with Crippen LogP contribution in [0, 0.1) is 0 Å². The van der Waals surface area contributed by atoms with Gasteiger partial charge < -0.3 is 5.32 Å². The average Bonchev–Trinajstić information content (AvgIpc) is 3.06. The second-order valence-corrected chi connectivity index (χ2v) is 7.33. The van der Waals surface area contributed by atoms with E-state index in [4.69, 9.17) is 0 Å². The van der Waals surface area contributed by atoms with Crippen molar-refractivity contribution in [2.45, 2.75) is 19.0 Å². The molecule has 0 amide bonds. The molecule has 5 nitrogen and oxygen atoms in total. The summed E-state index contributed by atoms with van der Waals surface area (Å²) in [5, 5.41) is 7.48. The number of nitrogens with one attached hydrogen (secondary N) is 1. The molecule has 0 aliphatic carbocycles. The van der Waals surface area contributed by atoms with E-state index >= 15 is 0 Å². The minimum Gasteiger partial charge on any atom is -0.309 e. The van der Waals surface area contributed by atoms with Crippen LogP contribution in [0.1, 0.15) is 12.0 Å². The summed E-state index contributed by atoms with van der Waals surface area (Å²) < 4.78 is 24.6. The summed E-state index contributed by atoms with van der Waals surface area (Å²) in [5.41, 5.74) is 2.16. The van der Waals surface area contributed by atoms with Crippen LogP contribution in [0.3, 0.4) is 0 Å². The second-order valence-electron chi connectivity index (χ2n) is 5.10. The molecular formula is C14H17N3O2S. The molecule has 2 heterocycles. The van der Waals surface area contributed by atoms with Gasteiger partial charge in [0, 0.05) is 25.0 Å². The number of benzene rings is 1. The van der Waals surface area contributed by atoms with Crippen LogP contribution >= 0.6 is 0 Å². The normalized spacial score (nSPS) is 21.1. The fourth-order valence-corrected chi connectivity index (χ4v) is 4.11. The van der Waals surface area contributed by atoms with Crippen molar-refractivity contribution >= 4 is 9.84 Å². The molecule has 1 aliphatic heterocycles. The lowest BCUT2D eigenvalue weighted by molar-refractivity contribution is 0.554. The molecule has 0 bridgehead atoms. The van der Waals surface area contributed by atoms with E-state index < -0.39 is 9.84 Å². The Morgan fingerprint density at radius 2 is 2.10 bits per heavy atom. The Morgan fingerprint density at radius 1 is 1.30 bits per heavy atom. The van der Waals surface area contributed by atoms with Crippen LogP contribution in [-0.4, -0.2) is 35.7 Å². The molecule has 0 spiro atoms. The molecular weight excluding hydrogens is 274 g/mol. The molecule has 3 rings (SSSR count). The number of hydrogen-bond acceptors (Lipinski definition) is 4. The highest BCUT2D eigenvalue weighted by Crippen LogP contribution is 2.13. The molecule has 2 aromatic rings. The SMILES string of the molecule is O=S1(=O)CCC(NCc2ccc(-n3cccn3)cc2)C1. The smallest absolute Gasteiger partial charge is 0.151 e. The topological polar surface area (TPSA) is 64.0 Å². The largest absolute Gasteiger partial charge is 0.309 e. The van der Waals surface area contributed by atoms with Crippen LogP contribution in [0.5, 0.6) is 0 Å². The van der Waals surface area contributed by atoms with Crippen molar-refractivity contribution in [1.29, 1.82) is 0 Å². The van der Waals surface area contributed by atoms with Crippen LogP contribution in [0.25, 0.3) is 5.69 Å². The van der Waals surface area contributed by atoms with E-state index in [-0.39, 0.29) is 11.8 Å². The Labute approximate surface area is 118 Å². The molecule has 20 heavy (non-hydrogen) atoms. The molecule has 1 aromatic carbocycles. The van der Waals surface area contributed by atoms with Gasteiger partial charge in [0.2, 0.25) is 0 Å². The molecule has 0 radical (unpaired) electrons. The van der Waals surface area contributed by atoms with Crippen molar-refractivity contribution in [2.24, 2.45) is 0 Å². The van der Waals surface area contributed by atoms with Crippen LogP contribution in [0.4, 0.5) is 0 Å². The molecule has 1 unspecified atom stereocenters. The minimum absolute atomic E-state index is 0.0887. The maximum atomic E-state index is 11.4. The van der Waals surface area contributed by atoms with Gasteiger partial charge in [0.25, 0.3) is 0 Å². The monoisotopic (exact) mass is 291 g/mol. The Kier molecular flexibility index (Phi) is 3.58. The van der Waals surface area contributed by atoms with Gasteiger partial charge in [-0.25, -0.2) is 13.1 Å². The lowest BCUT2D eigenvalue weighted by Gasteiger charge is -2.11. The number of nitrogens with zero attached hydrogens (tertiary/aromatic N) is 2. The van der Waals surface area contributed by atoms with Gasteiger partial charge in [0.05, 0.1) is 17.2 Å². The maximum Gasteiger partial charge on any atom is 0.151 e. The van der Waals surface area contributed by atoms with Crippen molar-refractivity contribution in [3.63, 3.8) is 0 Å². The minimum atomic E-state index is -2.81. The first kappa shape index (κ1) is 13.3. The molecule has 106 valence electrons. The Balaban J connectivity index is 1.59. The zero-order chi connectivity index (χ0) is 14.0. The first-order valence-electron chi connectivity index (χ1n) is 6.65. The summed E-state index contributed by atoms with van der Waals surface area (Å²) in [7, 11) is -2.81. The van der Waals surface area contributed by atoms with E-state index in [9.17, 15) is 8.42 Å². The summed E-state index contributed by atoms with van der Waals surface area (Å²) in [4.78, 5) is 0. The van der Waals surface area contributed by atoms with E-state index in [1.807, 2.05) is 36.5 Å². The average molecular weight is 291 g/mol. The molecule has 1 fully saturated rings. The van der Waals surface area contributed by atoms with Gasteiger partial charge in [0.15, 0.2) is 9.84 Å². The third-order valence-electron chi connectivity index (χ3n) is 3.53. The molecule has 1 aliphatic rings. The van der Waals surface area contributed by atoms with E-state index in [1.165, 1.54) is 0 Å². The Hall–Kier alpha value is -1.66. The summed E-state index contributed by atoms with van der Waals surface area (Å²) in [6, 6.07) is 10.1. The number of aromatic nitrogens is 2. The van der Waals surface area contributed by atoms with Gasteiger partial charge in [-0.15, -0.1) is 0 Å². The zero-order valence-electron chi connectivity index (χ0n) is 11.1. The number of sulfone groups is 1. The predicted octanol–water partition coefficient (Wildman–Crippen LogP) is 1.15. The third kappa shape index (κ3) is 3.08. The number of rotatable bonds is 4. The van der Waals surface area contributed by atoms with Gasteiger partial charge in [0.1, 0.15) is 0 Å². The second kappa shape index (κ2) is 5.38. The van der Waals surface area contributed by atoms with E-state index in [1.54, 1.807) is 10.9 Å². The van der Waals surface area contributed by atoms with E-state index in [2.05, 4.69) is 10.4 Å². The quantitative estimate of drug-likeness (QED) is 0.918. The van der Waals surface area contributed by atoms with Crippen LogP contribution in [0.15, 0.2) is 42.7 Å². The lowest BCUT2D eigenvalue weighted by Crippen LogP contribution is -2.29. The van der Waals surface area contributed by atoms with Crippen molar-refractivity contribution < 1.29 is 8.42 Å². The van der Waals surface area contributed by atoms with Gasteiger partial charge in [-0.1, -0.05) is 12.1 Å². The summed E-state index contributed by atoms with van der Waals surface area (Å²) in [6.07, 6.45) is 4.36. The third-order valence-corrected chi connectivity index (χ3v) is 5.30. The summed E-state index contributed by atoms with van der Waals surface area (Å²) >= 11 is 0. The Bertz CT molecular complexity index is 663. The molecule has 1 atom stereocenters. The Morgan fingerprint density at radius 3 is 2.70 bits per heavy atom. The zero-order valence-corrected chi connectivity index (χ0v) is 11.9. The van der Waals surface area contributed by atoms with Crippen molar-refractivity contribution in [3.05, 3.63) is 48.3 Å². The highest BCUT2D eigenvalue weighted by atomic mass is 32.2. The van der Waals surface area contributed by atoms with Crippen molar-refractivity contribution in [2.75, 3.05) is 11.5 Å². The summed E-state index contributed by atoms with van der Waals surface area (Å²) in [6.45, 7) is 0.694. The highest BCUT2D eigenvalue weighted by molar-refractivity contribution is 7.91. The standard InChI is InChI=1S/C14H17N3O2S/c18-20(19)9-6-13(11-20)15-10-12-2-4-14(5-3-12)17-8-1-7-16-17/h1-5,7-8,13,15H,6,9-11H2. The van der Waals surface area contributed by atoms with Gasteiger partial charge in [-0.3, -0.25) is 0 Å². The predicted molar refractivity (Wildman–Crippen MR) is 77.5 cm³/mol. The number of hydrogen-bond donors (Lipinski definition) is 1. The fraction of sp³-hybridized carbons (Fsp3) is 0.357. The maximum absolute atomic E-state index is 11.4. The van der Waals surface area contributed by atoms with E-state index in [0.717, 1.165) is 11.3 Å². The molecule has 0 saturated carbocycles. The van der Waals surface area contributed by atoms with Gasteiger partial charge in [-0.2, -0.15) is 5.10 Å². The molecule has 6 heteroatoms. The fourth-order valence-electron chi connectivity index (χ4n) is 2.41. The summed E-state index contributed by atoms with van der Waals surface area (Å²) in [5.74, 6) is 0.571. The first-order valence-corrected chi connectivity index (χ1v) is 8.47. The van der Waals surface area contributed by atoms with Crippen molar-refractivity contribution in [1.82, 2.24) is 15.1 Å². The van der Waals surface area contributed by atoms with Gasteiger partial charge in [-0.05, 0) is 30.2 Å². The molecule has 1 N–H and O–H groups in total. The van der Waals surface area contributed by atoms with Crippen LogP contribution in [0.2, 0.25) is 0 Å². The van der Waals surface area contributed by atoms with E-state index in [0.29, 0.717) is 18.7 Å². The van der Waals surface area contributed by atoms with Gasteiger partial charge >= 0.3 is 0 Å². The first-order chi connectivity index (χ1) is 9.62. The molecule has 1 saturated heterocycles.